The highest BCUT2D eigenvalue weighted by atomic mass is 17.2. The van der Waals surface area contributed by atoms with E-state index in [4.69, 9.17) is 14.5 Å². The minimum atomic E-state index is -0.698. The monoisotopic (exact) mass is 186 g/mol. The number of carbonyl (C=O) groups is 1. The first-order valence-corrected chi connectivity index (χ1v) is 4.32. The molecular formula is C9H14O4. The van der Waals surface area contributed by atoms with Crippen molar-refractivity contribution >= 4 is 5.97 Å². The van der Waals surface area contributed by atoms with Gasteiger partial charge in [-0.2, -0.15) is 0 Å². The third kappa shape index (κ3) is 2.54. The SMILES string of the molecule is CCOC(=O)C1OOC(C)C=C1C. The van der Waals surface area contributed by atoms with Crippen LogP contribution in [0, 0.1) is 0 Å². The Kier molecular flexibility index (Phi) is 3.45. The Hall–Kier alpha value is -0.870. The Bertz CT molecular complexity index is 222. The Balaban J connectivity index is 2.61. The van der Waals surface area contributed by atoms with Crippen LogP contribution in [0.1, 0.15) is 20.8 Å². The molecule has 2 atom stereocenters. The van der Waals surface area contributed by atoms with Crippen LogP contribution in [0.5, 0.6) is 0 Å². The van der Waals surface area contributed by atoms with Crippen molar-refractivity contribution in [2.45, 2.75) is 33.0 Å². The molecule has 0 aliphatic carbocycles. The highest BCUT2D eigenvalue weighted by Gasteiger charge is 2.28. The first kappa shape index (κ1) is 10.2. The third-order valence-corrected chi connectivity index (χ3v) is 1.72. The normalized spacial score (nSPS) is 28.1. The quantitative estimate of drug-likeness (QED) is 0.369. The van der Waals surface area contributed by atoms with Gasteiger partial charge in [-0.3, -0.25) is 0 Å². The van der Waals surface area contributed by atoms with Gasteiger partial charge < -0.3 is 4.74 Å². The smallest absolute Gasteiger partial charge is 0.342 e. The van der Waals surface area contributed by atoms with Crippen molar-refractivity contribution in [2.75, 3.05) is 6.61 Å². The summed E-state index contributed by atoms with van der Waals surface area (Å²) in [5.74, 6) is -0.400. The maximum absolute atomic E-state index is 11.2. The van der Waals surface area contributed by atoms with Crippen LogP contribution in [0.2, 0.25) is 0 Å². The van der Waals surface area contributed by atoms with Crippen molar-refractivity contribution in [3.05, 3.63) is 11.6 Å². The molecule has 0 aromatic rings. The third-order valence-electron chi connectivity index (χ3n) is 1.72. The maximum atomic E-state index is 11.2. The zero-order valence-corrected chi connectivity index (χ0v) is 8.07. The van der Waals surface area contributed by atoms with Crippen molar-refractivity contribution in [1.29, 1.82) is 0 Å². The van der Waals surface area contributed by atoms with E-state index in [-0.39, 0.29) is 6.10 Å². The fourth-order valence-electron chi connectivity index (χ4n) is 1.15. The van der Waals surface area contributed by atoms with Crippen LogP contribution in [-0.4, -0.2) is 24.8 Å². The van der Waals surface area contributed by atoms with Gasteiger partial charge in [0.2, 0.25) is 6.10 Å². The van der Waals surface area contributed by atoms with Gasteiger partial charge >= 0.3 is 5.97 Å². The van der Waals surface area contributed by atoms with Crippen molar-refractivity contribution in [1.82, 2.24) is 0 Å². The van der Waals surface area contributed by atoms with Gasteiger partial charge in [0.25, 0.3) is 0 Å². The molecule has 0 fully saturated rings. The van der Waals surface area contributed by atoms with Gasteiger partial charge in [-0.25, -0.2) is 14.6 Å². The van der Waals surface area contributed by atoms with E-state index in [1.165, 1.54) is 0 Å². The van der Waals surface area contributed by atoms with Crippen LogP contribution in [0.25, 0.3) is 0 Å². The fraction of sp³-hybridized carbons (Fsp3) is 0.667. The van der Waals surface area contributed by atoms with Crippen LogP contribution in [0.15, 0.2) is 11.6 Å². The lowest BCUT2D eigenvalue weighted by Crippen LogP contribution is -2.32. The summed E-state index contributed by atoms with van der Waals surface area (Å²) in [6, 6.07) is 0. The predicted octanol–water partition coefficient (Wildman–Crippen LogP) is 1.21. The van der Waals surface area contributed by atoms with Gasteiger partial charge in [-0.1, -0.05) is 6.08 Å². The van der Waals surface area contributed by atoms with Gasteiger partial charge in [-0.15, -0.1) is 0 Å². The molecule has 74 valence electrons. The Labute approximate surface area is 77.4 Å². The predicted molar refractivity (Wildman–Crippen MR) is 45.8 cm³/mol. The zero-order chi connectivity index (χ0) is 9.84. The molecule has 1 aliphatic heterocycles. The van der Waals surface area contributed by atoms with E-state index in [1.807, 2.05) is 19.9 Å². The van der Waals surface area contributed by atoms with E-state index in [0.29, 0.717) is 6.61 Å². The minimum Gasteiger partial charge on any atom is -0.464 e. The van der Waals surface area contributed by atoms with Crippen LogP contribution in [-0.2, 0) is 19.3 Å². The van der Waals surface area contributed by atoms with Crippen molar-refractivity contribution in [3.8, 4) is 0 Å². The molecule has 0 amide bonds. The molecule has 1 aliphatic rings. The molecule has 0 radical (unpaired) electrons. The van der Waals surface area contributed by atoms with E-state index in [0.717, 1.165) is 5.57 Å². The van der Waals surface area contributed by atoms with Crippen molar-refractivity contribution < 1.29 is 19.3 Å². The first-order valence-electron chi connectivity index (χ1n) is 4.32. The summed E-state index contributed by atoms with van der Waals surface area (Å²) < 4.78 is 4.80. The fourth-order valence-corrected chi connectivity index (χ4v) is 1.15. The highest BCUT2D eigenvalue weighted by Crippen LogP contribution is 2.17. The summed E-state index contributed by atoms with van der Waals surface area (Å²) in [5.41, 5.74) is 0.831. The first-order chi connectivity index (χ1) is 6.15. The highest BCUT2D eigenvalue weighted by molar-refractivity contribution is 5.78. The van der Waals surface area contributed by atoms with Crippen LogP contribution < -0.4 is 0 Å². The minimum absolute atomic E-state index is 0.106. The number of ether oxygens (including phenoxy) is 1. The molecule has 0 aromatic heterocycles. The molecule has 0 saturated heterocycles. The molecule has 1 rings (SSSR count). The van der Waals surface area contributed by atoms with Gasteiger partial charge in [0.15, 0.2) is 0 Å². The molecule has 13 heavy (non-hydrogen) atoms. The second kappa shape index (κ2) is 4.39. The van der Waals surface area contributed by atoms with Gasteiger partial charge in [0.1, 0.15) is 6.10 Å². The lowest BCUT2D eigenvalue weighted by molar-refractivity contribution is -0.334. The number of rotatable bonds is 2. The van der Waals surface area contributed by atoms with E-state index in [9.17, 15) is 4.79 Å². The average molecular weight is 186 g/mol. The van der Waals surface area contributed by atoms with E-state index in [2.05, 4.69) is 0 Å². The molecule has 0 N–H and O–H groups in total. The Morgan fingerprint density at radius 2 is 2.31 bits per heavy atom. The number of hydrogen-bond donors (Lipinski definition) is 0. The summed E-state index contributed by atoms with van der Waals surface area (Å²) in [6.45, 7) is 5.76. The lowest BCUT2D eigenvalue weighted by atomic mass is 10.1. The van der Waals surface area contributed by atoms with Gasteiger partial charge in [0.05, 0.1) is 6.61 Å². The molecule has 0 aromatic carbocycles. The topological polar surface area (TPSA) is 44.8 Å². The summed E-state index contributed by atoms with van der Waals surface area (Å²) >= 11 is 0. The van der Waals surface area contributed by atoms with E-state index in [1.54, 1.807) is 6.92 Å². The molecule has 4 heteroatoms. The number of hydrogen-bond acceptors (Lipinski definition) is 4. The zero-order valence-electron chi connectivity index (χ0n) is 8.07. The summed E-state index contributed by atoms with van der Waals surface area (Å²) in [5, 5.41) is 0. The largest absolute Gasteiger partial charge is 0.464 e. The molecule has 0 saturated carbocycles. The maximum Gasteiger partial charge on any atom is 0.342 e. The van der Waals surface area contributed by atoms with Crippen molar-refractivity contribution in [3.63, 3.8) is 0 Å². The standard InChI is InChI=1S/C9H14O4/c1-4-11-9(10)8-6(2)5-7(3)12-13-8/h5,7-8H,4H2,1-3H3. The lowest BCUT2D eigenvalue weighted by Gasteiger charge is -2.22. The van der Waals surface area contributed by atoms with Gasteiger partial charge in [0, 0.05) is 0 Å². The molecule has 2 unspecified atom stereocenters. The number of esters is 1. The van der Waals surface area contributed by atoms with E-state index < -0.39 is 12.1 Å². The van der Waals surface area contributed by atoms with Gasteiger partial charge in [-0.05, 0) is 26.3 Å². The van der Waals surface area contributed by atoms with Crippen LogP contribution in [0.4, 0.5) is 0 Å². The molecular weight excluding hydrogens is 172 g/mol. The van der Waals surface area contributed by atoms with Crippen LogP contribution in [0.3, 0.4) is 0 Å². The molecule has 0 spiro atoms. The van der Waals surface area contributed by atoms with E-state index >= 15 is 0 Å². The average Bonchev–Trinajstić information content (AvgIpc) is 2.04. The Morgan fingerprint density at radius 1 is 1.62 bits per heavy atom. The van der Waals surface area contributed by atoms with Crippen molar-refractivity contribution in [2.24, 2.45) is 0 Å². The summed E-state index contributed by atoms with van der Waals surface area (Å²) in [7, 11) is 0. The molecule has 1 heterocycles. The van der Waals surface area contributed by atoms with Crippen LogP contribution >= 0.6 is 0 Å². The Morgan fingerprint density at radius 3 is 2.85 bits per heavy atom. The second-order valence-electron chi connectivity index (χ2n) is 2.94. The molecule has 4 nitrogen and oxygen atoms in total. The molecule has 0 bridgehead atoms. The summed E-state index contributed by atoms with van der Waals surface area (Å²) in [4.78, 5) is 21.0. The summed E-state index contributed by atoms with van der Waals surface area (Å²) in [6.07, 6.45) is 1.03. The number of carbonyl (C=O) groups excluding carboxylic acids is 1. The second-order valence-corrected chi connectivity index (χ2v) is 2.94.